The number of thioether (sulfide) groups is 1. The number of carbonyl (C=O) groups excluding carboxylic acids is 3. The fourth-order valence-electron chi connectivity index (χ4n) is 5.21. The highest BCUT2D eigenvalue weighted by atomic mass is 32.2. The predicted molar refractivity (Wildman–Crippen MR) is 150 cm³/mol. The number of rotatable bonds is 7. The number of anilines is 1. The quantitative estimate of drug-likeness (QED) is 0.316. The van der Waals surface area contributed by atoms with Crippen LogP contribution in [0.3, 0.4) is 0 Å². The summed E-state index contributed by atoms with van der Waals surface area (Å²) in [7, 11) is 0. The first kappa shape index (κ1) is 26.6. The average molecular weight is 539 g/mol. The summed E-state index contributed by atoms with van der Waals surface area (Å²) in [6.07, 6.45) is 2.74. The Morgan fingerprint density at radius 1 is 1.13 bits per heavy atom. The molecule has 7 nitrogen and oxygen atoms in total. The molecule has 0 saturated carbocycles. The number of aryl methyl sites for hydroxylation is 2. The molecule has 0 bridgehead atoms. The SMILES string of the molecule is Cc1ccc(N2C(=O)CC(N(Cc3ccccc3)C(=O)CSc3nc4c(cc3C#N)CC(C)CC4)C2=O)cc1. The van der Waals surface area contributed by atoms with Crippen molar-refractivity contribution >= 4 is 35.2 Å². The van der Waals surface area contributed by atoms with Crippen LogP contribution in [0.5, 0.6) is 0 Å². The number of fused-ring (bicyclic) bond motifs is 1. The third-order valence-corrected chi connectivity index (χ3v) is 8.33. The van der Waals surface area contributed by atoms with Crippen LogP contribution in [-0.4, -0.2) is 39.4 Å². The largest absolute Gasteiger partial charge is 0.325 e. The van der Waals surface area contributed by atoms with Gasteiger partial charge in [0.1, 0.15) is 17.1 Å². The molecular formula is C31H30N4O3S. The van der Waals surface area contributed by atoms with Crippen LogP contribution in [0, 0.1) is 24.2 Å². The van der Waals surface area contributed by atoms with E-state index in [1.807, 2.05) is 55.5 Å². The molecule has 3 amide bonds. The summed E-state index contributed by atoms with van der Waals surface area (Å²) in [4.78, 5) is 47.7. The number of nitrogens with zero attached hydrogens (tertiary/aromatic N) is 4. The molecule has 0 N–H and O–H groups in total. The van der Waals surface area contributed by atoms with E-state index in [0.29, 0.717) is 22.2 Å². The van der Waals surface area contributed by atoms with Gasteiger partial charge in [0.2, 0.25) is 11.8 Å². The zero-order valence-electron chi connectivity index (χ0n) is 22.1. The van der Waals surface area contributed by atoms with Crippen molar-refractivity contribution in [3.63, 3.8) is 0 Å². The Kier molecular flexibility index (Phi) is 7.80. The van der Waals surface area contributed by atoms with Crippen LogP contribution >= 0.6 is 11.8 Å². The molecule has 1 fully saturated rings. The normalized spacial score (nSPS) is 18.5. The van der Waals surface area contributed by atoms with Gasteiger partial charge in [-0.1, -0.05) is 66.7 Å². The van der Waals surface area contributed by atoms with E-state index >= 15 is 0 Å². The van der Waals surface area contributed by atoms with E-state index in [4.69, 9.17) is 4.98 Å². The minimum Gasteiger partial charge on any atom is -0.325 e. The van der Waals surface area contributed by atoms with Crippen molar-refractivity contribution in [2.75, 3.05) is 10.7 Å². The summed E-state index contributed by atoms with van der Waals surface area (Å²) in [6.45, 7) is 4.34. The van der Waals surface area contributed by atoms with Gasteiger partial charge in [-0.05, 0) is 61.4 Å². The third-order valence-electron chi connectivity index (χ3n) is 7.36. The Labute approximate surface area is 232 Å². The van der Waals surface area contributed by atoms with Gasteiger partial charge in [-0.15, -0.1) is 0 Å². The fraction of sp³-hybridized carbons (Fsp3) is 0.323. The molecule has 1 aliphatic heterocycles. The first-order valence-electron chi connectivity index (χ1n) is 13.2. The molecule has 2 heterocycles. The van der Waals surface area contributed by atoms with Crippen LogP contribution in [0.15, 0.2) is 65.7 Å². The van der Waals surface area contributed by atoms with Crippen LogP contribution in [0.1, 0.15) is 47.7 Å². The van der Waals surface area contributed by atoms with Gasteiger partial charge in [-0.25, -0.2) is 9.88 Å². The maximum absolute atomic E-state index is 13.7. The lowest BCUT2D eigenvalue weighted by Gasteiger charge is -2.28. The lowest BCUT2D eigenvalue weighted by atomic mass is 9.87. The number of hydrogen-bond donors (Lipinski definition) is 0. The Morgan fingerprint density at radius 2 is 1.87 bits per heavy atom. The molecular weight excluding hydrogens is 508 g/mol. The summed E-state index contributed by atoms with van der Waals surface area (Å²) in [5.74, 6) is -0.449. The zero-order chi connectivity index (χ0) is 27.5. The smallest absolute Gasteiger partial charge is 0.257 e. The molecule has 2 atom stereocenters. The predicted octanol–water partition coefficient (Wildman–Crippen LogP) is 4.84. The molecule has 2 aromatic carbocycles. The molecule has 2 unspecified atom stereocenters. The first-order chi connectivity index (χ1) is 18.8. The Morgan fingerprint density at radius 3 is 2.59 bits per heavy atom. The third kappa shape index (κ3) is 5.74. The number of carbonyl (C=O) groups is 3. The number of imide groups is 1. The van der Waals surface area contributed by atoms with Gasteiger partial charge in [-0.2, -0.15) is 5.26 Å². The lowest BCUT2D eigenvalue weighted by molar-refractivity contribution is -0.136. The standard InChI is InChI=1S/C31H30N4O3S/c1-20-8-11-25(12-9-20)35-28(36)16-27(31(35)38)34(18-22-6-4-3-5-7-22)29(37)19-39-30-24(17-32)15-23-14-21(2)10-13-26(23)33-30/h3-9,11-12,15,21,27H,10,13-14,16,18-19H2,1-2H3. The molecule has 1 aromatic heterocycles. The molecule has 0 spiro atoms. The minimum absolute atomic E-state index is 0.00616. The van der Waals surface area contributed by atoms with Gasteiger partial charge in [0.05, 0.1) is 23.4 Å². The lowest BCUT2D eigenvalue weighted by Crippen LogP contribution is -2.45. The van der Waals surface area contributed by atoms with Crippen LogP contribution in [0.2, 0.25) is 0 Å². The van der Waals surface area contributed by atoms with Crippen LogP contribution in [-0.2, 0) is 33.8 Å². The Balaban J connectivity index is 1.39. The number of benzene rings is 2. The van der Waals surface area contributed by atoms with Crippen LogP contribution in [0.25, 0.3) is 0 Å². The second-order valence-electron chi connectivity index (χ2n) is 10.3. The number of hydrogen-bond acceptors (Lipinski definition) is 6. The maximum atomic E-state index is 13.7. The van der Waals surface area contributed by atoms with Crippen molar-refractivity contribution in [1.29, 1.82) is 5.26 Å². The van der Waals surface area contributed by atoms with E-state index in [1.54, 1.807) is 12.1 Å². The van der Waals surface area contributed by atoms with Gasteiger partial charge in [0.15, 0.2) is 0 Å². The summed E-state index contributed by atoms with van der Waals surface area (Å²) in [5, 5.41) is 10.3. The van der Waals surface area contributed by atoms with E-state index < -0.39 is 11.9 Å². The average Bonchev–Trinajstić information content (AvgIpc) is 3.24. The highest BCUT2D eigenvalue weighted by molar-refractivity contribution is 8.00. The molecule has 0 radical (unpaired) electrons. The van der Waals surface area contributed by atoms with E-state index in [0.717, 1.165) is 41.6 Å². The van der Waals surface area contributed by atoms with E-state index in [-0.39, 0.29) is 30.5 Å². The maximum Gasteiger partial charge on any atom is 0.257 e. The summed E-state index contributed by atoms with van der Waals surface area (Å²) < 4.78 is 0. The summed E-state index contributed by atoms with van der Waals surface area (Å²) >= 11 is 1.22. The first-order valence-corrected chi connectivity index (χ1v) is 14.1. The Hall–Kier alpha value is -3.96. The fourth-order valence-corrected chi connectivity index (χ4v) is 6.07. The topological polar surface area (TPSA) is 94.4 Å². The van der Waals surface area contributed by atoms with Gasteiger partial charge < -0.3 is 4.90 Å². The van der Waals surface area contributed by atoms with Crippen molar-refractivity contribution < 1.29 is 14.4 Å². The molecule has 1 aliphatic carbocycles. The van der Waals surface area contributed by atoms with Crippen molar-refractivity contribution in [1.82, 2.24) is 9.88 Å². The van der Waals surface area contributed by atoms with Crippen molar-refractivity contribution in [2.24, 2.45) is 5.92 Å². The molecule has 1 saturated heterocycles. The van der Waals surface area contributed by atoms with E-state index in [9.17, 15) is 19.6 Å². The van der Waals surface area contributed by atoms with Crippen LogP contribution < -0.4 is 4.90 Å². The van der Waals surface area contributed by atoms with Gasteiger partial charge in [0, 0.05) is 12.2 Å². The molecule has 2 aliphatic rings. The number of amides is 3. The Bertz CT molecular complexity index is 1450. The molecule has 3 aromatic rings. The number of nitriles is 1. The van der Waals surface area contributed by atoms with E-state index in [1.165, 1.54) is 21.6 Å². The highest BCUT2D eigenvalue weighted by Gasteiger charge is 2.44. The van der Waals surface area contributed by atoms with Crippen molar-refractivity contribution in [3.05, 3.63) is 88.6 Å². The molecule has 198 valence electrons. The van der Waals surface area contributed by atoms with E-state index in [2.05, 4.69) is 13.0 Å². The molecule has 5 rings (SSSR count). The second kappa shape index (κ2) is 11.4. The second-order valence-corrected chi connectivity index (χ2v) is 11.3. The summed E-state index contributed by atoms with van der Waals surface area (Å²) in [5.41, 5.74) is 4.96. The highest BCUT2D eigenvalue weighted by Crippen LogP contribution is 2.31. The van der Waals surface area contributed by atoms with Crippen LogP contribution in [0.4, 0.5) is 5.69 Å². The number of pyridine rings is 1. The molecule has 8 heteroatoms. The van der Waals surface area contributed by atoms with Crippen molar-refractivity contribution in [3.8, 4) is 6.07 Å². The monoisotopic (exact) mass is 538 g/mol. The van der Waals surface area contributed by atoms with Crippen molar-refractivity contribution in [2.45, 2.75) is 57.1 Å². The molecule has 39 heavy (non-hydrogen) atoms. The van der Waals surface area contributed by atoms with Gasteiger partial charge in [-0.3, -0.25) is 14.4 Å². The summed E-state index contributed by atoms with van der Waals surface area (Å²) in [6, 6.07) is 19.9. The van der Waals surface area contributed by atoms with Gasteiger partial charge in [0.25, 0.3) is 5.91 Å². The number of aromatic nitrogens is 1. The zero-order valence-corrected chi connectivity index (χ0v) is 22.9. The van der Waals surface area contributed by atoms with Gasteiger partial charge >= 0.3 is 0 Å². The minimum atomic E-state index is -0.902.